The van der Waals surface area contributed by atoms with Crippen LogP contribution < -0.4 is 10.4 Å². The van der Waals surface area contributed by atoms with Gasteiger partial charge in [0, 0.05) is 40.9 Å². The first-order chi connectivity index (χ1) is 19.1. The molecule has 3 fully saturated rings. The molecule has 0 spiro atoms. The molecule has 9 atom stereocenters. The van der Waals surface area contributed by atoms with E-state index < -0.39 is 46.5 Å². The van der Waals surface area contributed by atoms with Crippen molar-refractivity contribution in [2.75, 3.05) is 6.61 Å². The second-order valence-electron chi connectivity index (χ2n) is 12.7. The lowest BCUT2D eigenvalue weighted by molar-refractivity contribution is -0.330. The molecule has 2 aliphatic carbocycles. The number of benzene rings is 1. The number of hydrogen-bond acceptors (Lipinski definition) is 8. The number of ether oxygens (including phenoxy) is 3. The highest BCUT2D eigenvalue weighted by atomic mass is 16.7. The quantitative estimate of drug-likeness (QED) is 0.472. The predicted molar refractivity (Wildman–Crippen MR) is 145 cm³/mol. The number of aromatic nitrogens is 1. The van der Waals surface area contributed by atoms with Gasteiger partial charge in [0.2, 0.25) is 0 Å². The van der Waals surface area contributed by atoms with Crippen LogP contribution in [0.25, 0.3) is 11.3 Å². The Morgan fingerprint density at radius 2 is 1.82 bits per heavy atom. The summed E-state index contributed by atoms with van der Waals surface area (Å²) in [5, 5.41) is 23.7. The normalized spacial score (nSPS) is 40.1. The fourth-order valence-electron chi connectivity index (χ4n) is 8.49. The van der Waals surface area contributed by atoms with Crippen LogP contribution in [0.4, 0.5) is 0 Å². The Bertz CT molecular complexity index is 1480. The molecule has 0 bridgehead atoms. The van der Waals surface area contributed by atoms with Gasteiger partial charge >= 0.3 is 5.63 Å². The van der Waals surface area contributed by atoms with Gasteiger partial charge < -0.3 is 28.8 Å². The average molecular weight is 546 g/mol. The van der Waals surface area contributed by atoms with Crippen LogP contribution in [0.15, 0.2) is 70.1 Å². The fraction of sp³-hybridized carbons (Fsp3) is 0.500. The SMILES string of the molecule is C[C@]12CC[C@@H]3OC(c4ccccc4)OC[C@@]3(C)C1C[C@H](O)[C@@]1(C)Oc3cc(-c4cccnc4)oc(=O)c3C(O)C21. The van der Waals surface area contributed by atoms with E-state index in [0.29, 0.717) is 24.4 Å². The molecule has 1 aromatic carbocycles. The van der Waals surface area contributed by atoms with Crippen molar-refractivity contribution in [3.8, 4) is 17.1 Å². The smallest absolute Gasteiger partial charge is 0.345 e. The number of fused-ring (bicyclic) bond motifs is 6. The summed E-state index contributed by atoms with van der Waals surface area (Å²) in [7, 11) is 0. The van der Waals surface area contributed by atoms with Gasteiger partial charge in [-0.05, 0) is 49.7 Å². The first kappa shape index (κ1) is 25.9. The summed E-state index contributed by atoms with van der Waals surface area (Å²) in [6.45, 7) is 6.68. The number of pyridine rings is 1. The number of nitrogens with zero attached hydrogens (tertiary/aromatic N) is 1. The molecule has 1 saturated heterocycles. The lowest BCUT2D eigenvalue weighted by Crippen LogP contribution is -2.71. The highest BCUT2D eigenvalue weighted by Gasteiger charge is 2.70. The Hall–Kier alpha value is -3.04. The van der Waals surface area contributed by atoms with Crippen molar-refractivity contribution in [2.24, 2.45) is 22.7 Å². The van der Waals surface area contributed by atoms with E-state index in [1.165, 1.54) is 0 Å². The number of aliphatic hydroxyl groups is 2. The van der Waals surface area contributed by atoms with Gasteiger partial charge in [0.1, 0.15) is 22.7 Å². The monoisotopic (exact) mass is 545 g/mol. The molecular formula is C32H35NO7. The summed E-state index contributed by atoms with van der Waals surface area (Å²) < 4.78 is 25.1. The van der Waals surface area contributed by atoms with E-state index in [-0.39, 0.29) is 23.3 Å². The molecule has 8 heteroatoms. The molecule has 2 N–H and O–H groups in total. The Balaban J connectivity index is 1.26. The molecule has 8 nitrogen and oxygen atoms in total. The highest BCUT2D eigenvalue weighted by Crippen LogP contribution is 2.68. The largest absolute Gasteiger partial charge is 0.484 e. The molecule has 4 unspecified atom stereocenters. The topological polar surface area (TPSA) is 111 Å². The highest BCUT2D eigenvalue weighted by molar-refractivity contribution is 5.59. The summed E-state index contributed by atoms with van der Waals surface area (Å²) in [6.07, 6.45) is 2.69. The molecule has 210 valence electrons. The van der Waals surface area contributed by atoms with Crippen molar-refractivity contribution >= 4 is 0 Å². The van der Waals surface area contributed by atoms with Crippen LogP contribution >= 0.6 is 0 Å². The number of rotatable bonds is 2. The molecule has 7 rings (SSSR count). The zero-order chi connectivity index (χ0) is 27.9. The van der Waals surface area contributed by atoms with Crippen LogP contribution in [-0.2, 0) is 9.47 Å². The first-order valence-corrected chi connectivity index (χ1v) is 14.1. The second kappa shape index (κ2) is 8.98. The molecule has 3 aromatic rings. The van der Waals surface area contributed by atoms with Crippen LogP contribution in [0.2, 0.25) is 0 Å². The van der Waals surface area contributed by atoms with E-state index in [0.717, 1.165) is 18.4 Å². The molecule has 2 saturated carbocycles. The van der Waals surface area contributed by atoms with Crippen molar-refractivity contribution in [3.63, 3.8) is 0 Å². The van der Waals surface area contributed by atoms with Crippen LogP contribution in [-0.4, -0.2) is 39.6 Å². The Labute approximate surface area is 232 Å². The maximum Gasteiger partial charge on any atom is 0.345 e. The van der Waals surface area contributed by atoms with Gasteiger partial charge in [-0.1, -0.05) is 44.2 Å². The predicted octanol–water partition coefficient (Wildman–Crippen LogP) is 4.80. The van der Waals surface area contributed by atoms with Gasteiger partial charge in [0.15, 0.2) is 6.29 Å². The lowest BCUT2D eigenvalue weighted by Gasteiger charge is -2.67. The second-order valence-corrected chi connectivity index (χ2v) is 12.7. The maximum atomic E-state index is 13.3. The lowest BCUT2D eigenvalue weighted by atomic mass is 9.42. The first-order valence-electron chi connectivity index (χ1n) is 14.1. The maximum absolute atomic E-state index is 13.3. The summed E-state index contributed by atoms with van der Waals surface area (Å²) in [5.41, 5.74) is -0.880. The molecule has 2 aliphatic heterocycles. The van der Waals surface area contributed by atoms with Crippen LogP contribution in [0.1, 0.15) is 63.6 Å². The van der Waals surface area contributed by atoms with Gasteiger partial charge in [0.25, 0.3) is 0 Å². The Morgan fingerprint density at radius 1 is 1.02 bits per heavy atom. The molecule has 0 radical (unpaired) electrons. The van der Waals surface area contributed by atoms with Crippen molar-refractivity contribution in [3.05, 3.63) is 82.5 Å². The molecule has 0 amide bonds. The minimum atomic E-state index is -1.17. The van der Waals surface area contributed by atoms with Crippen LogP contribution in [0, 0.1) is 22.7 Å². The van der Waals surface area contributed by atoms with E-state index in [1.807, 2.05) is 37.3 Å². The third-order valence-corrected chi connectivity index (χ3v) is 10.5. The van der Waals surface area contributed by atoms with E-state index in [2.05, 4.69) is 18.8 Å². The van der Waals surface area contributed by atoms with E-state index in [4.69, 9.17) is 18.6 Å². The van der Waals surface area contributed by atoms with Gasteiger partial charge in [-0.3, -0.25) is 4.98 Å². The zero-order valence-corrected chi connectivity index (χ0v) is 22.9. The van der Waals surface area contributed by atoms with Crippen LogP contribution in [0.5, 0.6) is 5.75 Å². The van der Waals surface area contributed by atoms with Gasteiger partial charge in [-0.15, -0.1) is 0 Å². The summed E-state index contributed by atoms with van der Waals surface area (Å²) >= 11 is 0. The van der Waals surface area contributed by atoms with E-state index >= 15 is 0 Å². The van der Waals surface area contributed by atoms with Crippen molar-refractivity contribution in [1.29, 1.82) is 0 Å². The summed E-state index contributed by atoms with van der Waals surface area (Å²) in [5.74, 6) is -0.0292. The van der Waals surface area contributed by atoms with Gasteiger partial charge in [-0.25, -0.2) is 4.79 Å². The van der Waals surface area contributed by atoms with Crippen molar-refractivity contribution in [2.45, 2.75) is 70.2 Å². The average Bonchev–Trinajstić information content (AvgIpc) is 2.94. The van der Waals surface area contributed by atoms with Crippen molar-refractivity contribution in [1.82, 2.24) is 4.98 Å². The Kier molecular flexibility index (Phi) is 5.81. The Morgan fingerprint density at radius 3 is 2.58 bits per heavy atom. The molecule has 4 aliphatic rings. The number of hydrogen-bond donors (Lipinski definition) is 2. The van der Waals surface area contributed by atoms with E-state index in [9.17, 15) is 15.0 Å². The third-order valence-electron chi connectivity index (χ3n) is 10.5. The number of aliphatic hydroxyl groups excluding tert-OH is 2. The fourth-order valence-corrected chi connectivity index (χ4v) is 8.49. The summed E-state index contributed by atoms with van der Waals surface area (Å²) in [4.78, 5) is 17.4. The third kappa shape index (κ3) is 3.59. The van der Waals surface area contributed by atoms with Gasteiger partial charge in [0.05, 0.1) is 24.9 Å². The molecule has 2 aromatic heterocycles. The standard InChI is InChI=1S/C32H35NO7/c1-30-12-11-24-31(2,17-37-29(39-24)18-8-5-4-6-9-18)22(30)15-23(34)32(3)27(30)26(35)25-21(40-32)14-20(38-28(25)36)19-10-7-13-33-16-19/h4-10,13-14,16,22-24,26-27,29,34-35H,11-12,15,17H2,1-3H3/t22?,23-,24-,26?,27?,29?,30-,31-,32+/m0/s1. The minimum Gasteiger partial charge on any atom is -0.484 e. The molecule has 40 heavy (non-hydrogen) atoms. The van der Waals surface area contributed by atoms with Crippen LogP contribution in [0.3, 0.4) is 0 Å². The van der Waals surface area contributed by atoms with E-state index in [1.54, 1.807) is 30.6 Å². The molecular weight excluding hydrogens is 510 g/mol. The van der Waals surface area contributed by atoms with Crippen molar-refractivity contribution < 1.29 is 28.8 Å². The molecule has 4 heterocycles. The summed E-state index contributed by atoms with van der Waals surface area (Å²) in [6, 6.07) is 15.1. The zero-order valence-electron chi connectivity index (χ0n) is 22.9. The van der Waals surface area contributed by atoms with Gasteiger partial charge in [-0.2, -0.15) is 0 Å². The minimum absolute atomic E-state index is 0.0370.